The van der Waals surface area contributed by atoms with Crippen molar-refractivity contribution in [1.82, 2.24) is 20.4 Å². The van der Waals surface area contributed by atoms with Gasteiger partial charge < -0.3 is 26.0 Å². The van der Waals surface area contributed by atoms with E-state index in [9.17, 15) is 36.9 Å². The minimum atomic E-state index is -4.63. The number of allylic oxidation sites excluding steroid dienone is 2. The molecule has 0 spiro atoms. The summed E-state index contributed by atoms with van der Waals surface area (Å²) in [5.41, 5.74) is 10.8. The Labute approximate surface area is 375 Å². The van der Waals surface area contributed by atoms with E-state index in [1.807, 2.05) is 13.8 Å². The number of aliphatic hydroxyl groups excluding tert-OH is 1. The number of hydrogen-bond acceptors (Lipinski definition) is 9. The number of aromatic nitrogens is 4. The van der Waals surface area contributed by atoms with E-state index in [1.54, 1.807) is 39.8 Å². The fraction of sp³-hybridized carbons (Fsp3) is 0.391. The van der Waals surface area contributed by atoms with Crippen molar-refractivity contribution in [1.29, 1.82) is 10.5 Å². The molecule has 4 aromatic rings. The number of hydrogen-bond donors (Lipinski definition) is 5. The van der Waals surface area contributed by atoms with Crippen LogP contribution >= 0.6 is 15.9 Å². The molecule has 0 fully saturated rings. The van der Waals surface area contributed by atoms with E-state index >= 15 is 0 Å². The number of rotatable bonds is 8. The zero-order valence-electron chi connectivity index (χ0n) is 35.7. The summed E-state index contributed by atoms with van der Waals surface area (Å²) in [7, 11) is 0. The van der Waals surface area contributed by atoms with Gasteiger partial charge in [0.15, 0.2) is 0 Å². The largest absolute Gasteiger partial charge is 0.420 e. The number of nitrogens with zero attached hydrogens (tertiary/aromatic N) is 4. The Morgan fingerprint density at radius 3 is 1.42 bits per heavy atom. The number of aryl methyl sites for hydroxylation is 2. The second kappa shape index (κ2) is 19.2. The third-order valence-electron chi connectivity index (χ3n) is 11.1. The molecule has 0 amide bonds. The van der Waals surface area contributed by atoms with Crippen LogP contribution in [0.4, 0.5) is 26.3 Å². The van der Waals surface area contributed by atoms with Crippen LogP contribution in [0.15, 0.2) is 59.3 Å². The van der Waals surface area contributed by atoms with Crippen LogP contribution in [0.25, 0.3) is 0 Å². The van der Waals surface area contributed by atoms with E-state index in [0.29, 0.717) is 41.8 Å². The molecule has 7 N–H and O–H groups in total. The molecule has 2 aliphatic heterocycles. The molecule has 0 bridgehead atoms. The number of H-pyrrole nitrogens is 2. The Balaban J connectivity index is 0.000000241. The third-order valence-corrected chi connectivity index (χ3v) is 11.6. The van der Waals surface area contributed by atoms with Gasteiger partial charge in [-0.05, 0) is 86.1 Å². The first kappa shape index (κ1) is 48.7. The molecule has 4 heterocycles. The molecule has 64 heavy (non-hydrogen) atoms. The van der Waals surface area contributed by atoms with Crippen LogP contribution in [0.5, 0.6) is 11.8 Å². The second-order valence-electron chi connectivity index (χ2n) is 15.7. The summed E-state index contributed by atoms with van der Waals surface area (Å²) in [5, 5.41) is 43.5. The van der Waals surface area contributed by atoms with Crippen molar-refractivity contribution in [3.63, 3.8) is 0 Å². The topological polar surface area (TPSA) is 196 Å². The van der Waals surface area contributed by atoms with Crippen LogP contribution < -0.4 is 20.9 Å². The van der Waals surface area contributed by atoms with Gasteiger partial charge in [0.1, 0.15) is 23.3 Å². The number of nitrogens with one attached hydrogen (secondary N) is 2. The van der Waals surface area contributed by atoms with Gasteiger partial charge >= 0.3 is 12.4 Å². The van der Waals surface area contributed by atoms with Crippen LogP contribution in [-0.2, 0) is 23.2 Å². The van der Waals surface area contributed by atoms with Crippen molar-refractivity contribution in [2.45, 2.75) is 90.4 Å². The number of nitrogens with two attached hydrogens (primary N) is 2. The number of nitriles is 2. The standard InChI is InChI=1S/C23H22BrF3N4O.C23H23F3N4O2/c1-13(2)22(18(12-28)20(29)32-21-19(22)14(3)30-31-21)16-9-15(7-5-4-6-8-24)10-17(11-16)23(25,26)27;1-13(2)22(18(12-27)20(28)32-21-19(22)14(3)29-30-21)16-9-15(7-5-4-6-8-31)10-17(11-16)23(24,25)26/h9-11,13H,4,6,8,29H2,1-3H3,(H,30,31);9-11,13,31H,4,6,8,28H2,1-3H3,(H,29,30). The van der Waals surface area contributed by atoms with Crippen LogP contribution in [0.2, 0.25) is 0 Å². The minimum Gasteiger partial charge on any atom is -0.420 e. The molecule has 0 aliphatic carbocycles. The highest BCUT2D eigenvalue weighted by Gasteiger charge is 2.53. The van der Waals surface area contributed by atoms with Gasteiger partial charge in [-0.1, -0.05) is 67.3 Å². The van der Waals surface area contributed by atoms with E-state index in [4.69, 9.17) is 26.0 Å². The Bertz CT molecular complexity index is 2510. The maximum Gasteiger partial charge on any atom is 0.416 e. The molecule has 0 saturated heterocycles. The molecule has 0 radical (unpaired) electrons. The number of ether oxygens (including phenoxy) is 2. The first-order valence-electron chi connectivity index (χ1n) is 20.0. The van der Waals surface area contributed by atoms with Gasteiger partial charge in [-0.2, -0.15) is 36.9 Å². The monoisotopic (exact) mass is 950 g/mol. The zero-order valence-corrected chi connectivity index (χ0v) is 37.3. The summed E-state index contributed by atoms with van der Waals surface area (Å²) in [6.45, 7) is 10.7. The van der Waals surface area contributed by atoms with Gasteiger partial charge in [0.2, 0.25) is 23.5 Å². The van der Waals surface area contributed by atoms with Crippen LogP contribution in [0, 0.1) is 72.0 Å². The number of halogens is 7. The lowest BCUT2D eigenvalue weighted by Gasteiger charge is -2.41. The summed E-state index contributed by atoms with van der Waals surface area (Å²) in [4.78, 5) is 0. The quantitative estimate of drug-likeness (QED) is 0.0495. The highest BCUT2D eigenvalue weighted by Crippen LogP contribution is 2.55. The number of aromatic amines is 2. The van der Waals surface area contributed by atoms with Crippen molar-refractivity contribution in [2.75, 3.05) is 11.9 Å². The number of aliphatic hydroxyl groups is 1. The summed E-state index contributed by atoms with van der Waals surface area (Å²) < 4.78 is 94.1. The number of alkyl halides is 7. The predicted octanol–water partition coefficient (Wildman–Crippen LogP) is 9.18. The smallest absolute Gasteiger partial charge is 0.416 e. The van der Waals surface area contributed by atoms with Gasteiger partial charge in [0.25, 0.3) is 0 Å². The van der Waals surface area contributed by atoms with Gasteiger partial charge in [-0.15, -0.1) is 10.2 Å². The highest BCUT2D eigenvalue weighted by atomic mass is 79.9. The molecule has 2 atom stereocenters. The van der Waals surface area contributed by atoms with E-state index < -0.39 is 34.3 Å². The fourth-order valence-electron chi connectivity index (χ4n) is 8.36. The minimum absolute atomic E-state index is 0.0167. The summed E-state index contributed by atoms with van der Waals surface area (Å²) in [5.74, 6) is 10.5. The molecule has 11 nitrogen and oxygen atoms in total. The molecule has 336 valence electrons. The Hall–Kier alpha value is -6.34. The SMILES string of the molecule is Cc1[nH]nc2c1C(c1cc(C#CCCCBr)cc(C(F)(F)F)c1)(C(C)C)C(C#N)=C(N)O2.Cc1[nH]nc2c1C(c1cc(C#CCCCO)cc(C(F)(F)F)c1)(C(C)C)C(C#N)=C(N)O2. The van der Waals surface area contributed by atoms with Gasteiger partial charge in [-0.25, -0.2) is 0 Å². The summed E-state index contributed by atoms with van der Waals surface area (Å²) >= 11 is 3.31. The highest BCUT2D eigenvalue weighted by molar-refractivity contribution is 9.09. The average molecular weight is 952 g/mol. The number of unbranched alkanes of at least 4 members (excludes halogenated alkanes) is 2. The van der Waals surface area contributed by atoms with Crippen LogP contribution in [-0.4, -0.2) is 37.4 Å². The van der Waals surface area contributed by atoms with Crippen molar-refractivity contribution < 1.29 is 40.9 Å². The lowest BCUT2D eigenvalue weighted by molar-refractivity contribution is -0.138. The normalized spacial score (nSPS) is 18.0. The van der Waals surface area contributed by atoms with Crippen LogP contribution in [0.1, 0.15) is 109 Å². The second-order valence-corrected chi connectivity index (χ2v) is 16.5. The molecular weight excluding hydrogens is 906 g/mol. The van der Waals surface area contributed by atoms with Gasteiger partial charge in [-0.3, -0.25) is 10.2 Å². The maximum atomic E-state index is 13.9. The Morgan fingerprint density at radius 1 is 0.703 bits per heavy atom. The molecule has 18 heteroatoms. The zero-order chi connectivity index (χ0) is 47.4. The van der Waals surface area contributed by atoms with Crippen molar-refractivity contribution >= 4 is 15.9 Å². The fourth-order valence-corrected chi connectivity index (χ4v) is 8.64. The maximum absolute atomic E-state index is 13.9. The average Bonchev–Trinajstić information content (AvgIpc) is 3.79. The first-order chi connectivity index (χ1) is 30.1. The molecule has 2 aromatic carbocycles. The Morgan fingerprint density at radius 2 is 1.09 bits per heavy atom. The number of benzene rings is 2. The lowest BCUT2D eigenvalue weighted by atomic mass is 9.61. The van der Waals surface area contributed by atoms with Crippen molar-refractivity contribution in [3.8, 4) is 47.6 Å². The van der Waals surface area contributed by atoms with E-state index in [-0.39, 0.29) is 75.4 Å². The Kier molecular flexibility index (Phi) is 14.6. The van der Waals surface area contributed by atoms with Crippen molar-refractivity contribution in [2.24, 2.45) is 23.3 Å². The third kappa shape index (κ3) is 9.04. The van der Waals surface area contributed by atoms with E-state index in [1.165, 1.54) is 0 Å². The molecule has 2 aliphatic rings. The summed E-state index contributed by atoms with van der Waals surface area (Å²) in [6.07, 6.45) is -7.14. The van der Waals surface area contributed by atoms with Gasteiger partial charge in [0, 0.05) is 47.3 Å². The number of fused-ring (bicyclic) bond motifs is 2. The molecular formula is C46H45BrF6N8O3. The predicted molar refractivity (Wildman–Crippen MR) is 229 cm³/mol. The first-order valence-corrected chi connectivity index (χ1v) is 21.1. The molecule has 2 unspecified atom stereocenters. The molecule has 2 aromatic heterocycles. The van der Waals surface area contributed by atoms with Crippen molar-refractivity contribution in [3.05, 3.63) is 115 Å². The molecule has 6 rings (SSSR count). The summed E-state index contributed by atoms with van der Waals surface area (Å²) in [6, 6.07) is 11.4. The lowest BCUT2D eigenvalue weighted by Crippen LogP contribution is -2.41. The van der Waals surface area contributed by atoms with E-state index in [2.05, 4.69) is 72.1 Å². The molecule has 0 saturated carbocycles. The van der Waals surface area contributed by atoms with Gasteiger partial charge in [0.05, 0.1) is 33.1 Å². The van der Waals surface area contributed by atoms with Crippen LogP contribution in [0.3, 0.4) is 0 Å². The van der Waals surface area contributed by atoms with E-state index in [0.717, 1.165) is 36.0 Å².